The average Bonchev–Trinajstić information content (AvgIpc) is 2.49. The van der Waals surface area contributed by atoms with Crippen LogP contribution in [0, 0.1) is 0 Å². The molecule has 0 unspecified atom stereocenters. The molecule has 2 rings (SSSR count). The molecule has 0 aliphatic rings. The van der Waals surface area contributed by atoms with Crippen LogP contribution in [0.25, 0.3) is 0 Å². The largest absolute Gasteiger partial charge is 0.385 e. The fraction of sp³-hybridized carbons (Fsp3) is 0.250. The lowest BCUT2D eigenvalue weighted by Gasteiger charge is -2.14. The monoisotopic (exact) mass is 353 g/mol. The molecule has 0 saturated heterocycles. The molecular formula is C16H20ClN3O2S. The molecule has 2 N–H and O–H groups in total. The van der Waals surface area contributed by atoms with E-state index in [1.165, 1.54) is 19.7 Å². The highest BCUT2D eigenvalue weighted by Gasteiger charge is 2.12. The van der Waals surface area contributed by atoms with Gasteiger partial charge >= 0.3 is 10.2 Å². The summed E-state index contributed by atoms with van der Waals surface area (Å²) in [6.45, 7) is 0.767. The molecule has 0 radical (unpaired) electrons. The Morgan fingerprint density at radius 2 is 1.70 bits per heavy atom. The van der Waals surface area contributed by atoms with E-state index in [0.29, 0.717) is 5.69 Å². The van der Waals surface area contributed by atoms with Crippen LogP contribution in [0.1, 0.15) is 5.56 Å². The molecule has 2 aromatic rings. The zero-order valence-electron chi connectivity index (χ0n) is 13.1. The Morgan fingerprint density at radius 1 is 1.04 bits per heavy atom. The van der Waals surface area contributed by atoms with Gasteiger partial charge in [0.05, 0.1) is 0 Å². The minimum atomic E-state index is -3.47. The van der Waals surface area contributed by atoms with Crippen molar-refractivity contribution in [1.29, 1.82) is 0 Å². The minimum Gasteiger partial charge on any atom is -0.385 e. The fourth-order valence-electron chi connectivity index (χ4n) is 1.94. The summed E-state index contributed by atoms with van der Waals surface area (Å²) in [6.07, 6.45) is 0.857. The van der Waals surface area contributed by atoms with Crippen molar-refractivity contribution in [2.45, 2.75) is 6.42 Å². The predicted molar refractivity (Wildman–Crippen MR) is 96.3 cm³/mol. The molecule has 0 fully saturated rings. The summed E-state index contributed by atoms with van der Waals surface area (Å²) in [7, 11) is -0.510. The van der Waals surface area contributed by atoms with Crippen molar-refractivity contribution in [2.24, 2.45) is 0 Å². The molecule has 0 heterocycles. The van der Waals surface area contributed by atoms with Crippen LogP contribution in [-0.2, 0) is 16.6 Å². The summed E-state index contributed by atoms with van der Waals surface area (Å²) >= 11 is 5.95. The molecule has 0 aliphatic carbocycles. The number of nitrogens with zero attached hydrogens (tertiary/aromatic N) is 1. The molecule has 0 spiro atoms. The lowest BCUT2D eigenvalue weighted by Crippen LogP contribution is -2.28. The SMILES string of the molecule is CN(C)S(=O)(=O)Nc1ccc(NCCc2cccc(Cl)c2)cc1. The molecule has 23 heavy (non-hydrogen) atoms. The second-order valence-electron chi connectivity index (χ2n) is 5.27. The molecule has 0 aliphatic heterocycles. The Labute approximate surface area is 142 Å². The van der Waals surface area contributed by atoms with Gasteiger partial charge in [-0.2, -0.15) is 12.7 Å². The highest BCUT2D eigenvalue weighted by Crippen LogP contribution is 2.16. The zero-order chi connectivity index (χ0) is 16.9. The predicted octanol–water partition coefficient (Wildman–Crippen LogP) is 3.21. The van der Waals surface area contributed by atoms with E-state index >= 15 is 0 Å². The van der Waals surface area contributed by atoms with Gasteiger partial charge in [-0.15, -0.1) is 0 Å². The summed E-state index contributed by atoms with van der Waals surface area (Å²) in [5.41, 5.74) is 2.62. The maximum absolute atomic E-state index is 11.7. The Morgan fingerprint density at radius 3 is 2.30 bits per heavy atom. The third-order valence-corrected chi connectivity index (χ3v) is 4.93. The number of nitrogens with one attached hydrogen (secondary N) is 2. The normalized spacial score (nSPS) is 11.5. The summed E-state index contributed by atoms with van der Waals surface area (Å²) in [5, 5.41) is 4.03. The van der Waals surface area contributed by atoms with E-state index in [-0.39, 0.29) is 0 Å². The Hall–Kier alpha value is -1.76. The molecule has 0 bridgehead atoms. The molecule has 2 aromatic carbocycles. The van der Waals surface area contributed by atoms with Crippen molar-refractivity contribution in [3.63, 3.8) is 0 Å². The number of halogens is 1. The zero-order valence-corrected chi connectivity index (χ0v) is 14.7. The van der Waals surface area contributed by atoms with E-state index < -0.39 is 10.2 Å². The maximum atomic E-state index is 11.7. The van der Waals surface area contributed by atoms with Crippen LogP contribution in [-0.4, -0.2) is 33.4 Å². The van der Waals surface area contributed by atoms with Gasteiger partial charge in [0.15, 0.2) is 0 Å². The molecular weight excluding hydrogens is 334 g/mol. The molecule has 7 heteroatoms. The van der Waals surface area contributed by atoms with Gasteiger partial charge in [0.2, 0.25) is 0 Å². The van der Waals surface area contributed by atoms with Crippen molar-refractivity contribution in [2.75, 3.05) is 30.7 Å². The third-order valence-electron chi connectivity index (χ3n) is 3.24. The third kappa shape index (κ3) is 5.42. The highest BCUT2D eigenvalue weighted by atomic mass is 35.5. The summed E-state index contributed by atoms with van der Waals surface area (Å²) in [4.78, 5) is 0. The lowest BCUT2D eigenvalue weighted by molar-refractivity contribution is 0.527. The Bertz CT molecular complexity index is 746. The van der Waals surface area contributed by atoms with Gasteiger partial charge in [0.25, 0.3) is 0 Å². The van der Waals surface area contributed by atoms with Gasteiger partial charge in [-0.25, -0.2) is 0 Å². The van der Waals surface area contributed by atoms with E-state index in [4.69, 9.17) is 11.6 Å². The molecule has 0 aromatic heterocycles. The van der Waals surface area contributed by atoms with Gasteiger partial charge in [0.1, 0.15) is 0 Å². The molecule has 124 valence electrons. The first-order valence-corrected chi connectivity index (χ1v) is 8.97. The van der Waals surface area contributed by atoms with Crippen LogP contribution in [0.4, 0.5) is 11.4 Å². The first-order valence-electron chi connectivity index (χ1n) is 7.15. The standard InChI is InChI=1S/C16H20ClN3O2S/c1-20(2)23(21,22)19-16-8-6-15(7-9-16)18-11-10-13-4-3-5-14(17)12-13/h3-9,12,18-19H,10-11H2,1-2H3. The fourth-order valence-corrected chi connectivity index (χ4v) is 2.77. The van der Waals surface area contributed by atoms with Crippen molar-refractivity contribution >= 4 is 33.2 Å². The minimum absolute atomic E-state index is 0.527. The number of benzene rings is 2. The summed E-state index contributed by atoms with van der Waals surface area (Å²) < 4.78 is 27.1. The van der Waals surface area contributed by atoms with Crippen molar-refractivity contribution in [1.82, 2.24) is 4.31 Å². The Kier molecular flexibility index (Phi) is 5.87. The smallest absolute Gasteiger partial charge is 0.301 e. The number of hydrogen-bond acceptors (Lipinski definition) is 3. The second kappa shape index (κ2) is 7.68. The van der Waals surface area contributed by atoms with Crippen LogP contribution in [0.15, 0.2) is 48.5 Å². The van der Waals surface area contributed by atoms with Crippen molar-refractivity contribution < 1.29 is 8.42 Å². The molecule has 0 atom stereocenters. The second-order valence-corrected chi connectivity index (χ2v) is 7.59. The van der Waals surface area contributed by atoms with Gasteiger partial charge in [0, 0.05) is 37.0 Å². The van der Waals surface area contributed by atoms with Gasteiger partial charge in [-0.3, -0.25) is 4.72 Å². The quantitative estimate of drug-likeness (QED) is 0.803. The maximum Gasteiger partial charge on any atom is 0.301 e. The van der Waals surface area contributed by atoms with Gasteiger partial charge in [-0.05, 0) is 48.4 Å². The first-order chi connectivity index (χ1) is 10.9. The summed E-state index contributed by atoms with van der Waals surface area (Å²) in [5.74, 6) is 0. The van der Waals surface area contributed by atoms with Crippen LogP contribution in [0.3, 0.4) is 0 Å². The number of anilines is 2. The van der Waals surface area contributed by atoms with Crippen molar-refractivity contribution in [3.8, 4) is 0 Å². The topological polar surface area (TPSA) is 61.4 Å². The van der Waals surface area contributed by atoms with E-state index in [9.17, 15) is 8.42 Å². The number of hydrogen-bond donors (Lipinski definition) is 2. The van der Waals surface area contributed by atoms with E-state index in [1.807, 2.05) is 36.4 Å². The number of rotatable bonds is 7. The van der Waals surface area contributed by atoms with E-state index in [2.05, 4.69) is 10.0 Å². The van der Waals surface area contributed by atoms with Gasteiger partial charge < -0.3 is 5.32 Å². The van der Waals surface area contributed by atoms with Crippen LogP contribution in [0.2, 0.25) is 5.02 Å². The molecule has 0 saturated carbocycles. The first kappa shape index (κ1) is 17.6. The van der Waals surface area contributed by atoms with Crippen LogP contribution >= 0.6 is 11.6 Å². The van der Waals surface area contributed by atoms with E-state index in [0.717, 1.165) is 28.0 Å². The highest BCUT2D eigenvalue weighted by molar-refractivity contribution is 7.90. The Balaban J connectivity index is 1.88. The van der Waals surface area contributed by atoms with E-state index in [1.54, 1.807) is 12.1 Å². The molecule has 0 amide bonds. The van der Waals surface area contributed by atoms with Crippen LogP contribution < -0.4 is 10.0 Å². The summed E-state index contributed by atoms with van der Waals surface area (Å²) in [6, 6.07) is 14.9. The lowest BCUT2D eigenvalue weighted by atomic mass is 10.1. The van der Waals surface area contributed by atoms with Gasteiger partial charge in [-0.1, -0.05) is 23.7 Å². The van der Waals surface area contributed by atoms with Crippen molar-refractivity contribution in [3.05, 3.63) is 59.1 Å². The van der Waals surface area contributed by atoms with Crippen LogP contribution in [0.5, 0.6) is 0 Å². The average molecular weight is 354 g/mol. The molecule has 5 nitrogen and oxygen atoms in total.